The molecular formula is C18H14ClN5O. The van der Waals surface area contributed by atoms with E-state index in [-0.39, 0.29) is 0 Å². The summed E-state index contributed by atoms with van der Waals surface area (Å²) >= 11 is 5.99. The zero-order chi connectivity index (χ0) is 16.8. The highest BCUT2D eigenvalue weighted by Gasteiger charge is 2.23. The van der Waals surface area contributed by atoms with Crippen LogP contribution in [0.15, 0.2) is 47.1 Å². The van der Waals surface area contributed by atoms with Gasteiger partial charge in [0, 0.05) is 16.3 Å². The smallest absolute Gasteiger partial charge is 0.255 e. The summed E-state index contributed by atoms with van der Waals surface area (Å²) in [5, 5.41) is 8.78. The number of halogens is 1. The molecule has 0 spiro atoms. The fourth-order valence-electron chi connectivity index (χ4n) is 3.19. The Morgan fingerprint density at radius 2 is 1.96 bits per heavy atom. The number of nitrogens with one attached hydrogen (secondary N) is 1. The van der Waals surface area contributed by atoms with Gasteiger partial charge in [-0.1, -0.05) is 11.6 Å². The molecule has 7 heteroatoms. The van der Waals surface area contributed by atoms with Gasteiger partial charge in [-0.25, -0.2) is 4.98 Å². The molecule has 0 saturated heterocycles. The largest absolute Gasteiger partial charge is 0.461 e. The highest BCUT2D eigenvalue weighted by atomic mass is 35.5. The summed E-state index contributed by atoms with van der Waals surface area (Å²) in [5.41, 5.74) is 3.22. The Morgan fingerprint density at radius 3 is 2.76 bits per heavy atom. The highest BCUT2D eigenvalue weighted by molar-refractivity contribution is 6.30. The normalized spacial score (nSPS) is 13.3. The van der Waals surface area contributed by atoms with Crippen molar-refractivity contribution in [2.45, 2.75) is 19.3 Å². The molecule has 1 aliphatic carbocycles. The van der Waals surface area contributed by atoms with Gasteiger partial charge in [0.15, 0.2) is 5.76 Å². The molecule has 1 aromatic carbocycles. The maximum atomic E-state index is 5.99. The van der Waals surface area contributed by atoms with Crippen molar-refractivity contribution in [2.24, 2.45) is 0 Å². The summed E-state index contributed by atoms with van der Waals surface area (Å²) in [7, 11) is 0. The standard InChI is InChI=1S/C18H14ClN5O/c19-11-6-8-12(9-7-11)20-17-13-3-1-4-14(13)21-18-22-16(23-24(17)18)15-5-2-10-25-15/h2,5-10,20H,1,3-4H2. The van der Waals surface area contributed by atoms with Crippen molar-refractivity contribution in [1.29, 1.82) is 0 Å². The molecule has 0 saturated carbocycles. The number of aryl methyl sites for hydroxylation is 1. The second-order valence-electron chi connectivity index (χ2n) is 6.00. The first-order chi connectivity index (χ1) is 12.3. The minimum atomic E-state index is 0.528. The van der Waals surface area contributed by atoms with E-state index in [9.17, 15) is 0 Å². The van der Waals surface area contributed by atoms with E-state index >= 15 is 0 Å². The van der Waals surface area contributed by atoms with Crippen molar-refractivity contribution in [1.82, 2.24) is 19.6 Å². The molecule has 1 aliphatic rings. The molecule has 1 N–H and O–H groups in total. The summed E-state index contributed by atoms with van der Waals surface area (Å²) < 4.78 is 7.18. The number of rotatable bonds is 3. The number of fused-ring (bicyclic) bond motifs is 2. The average molecular weight is 352 g/mol. The van der Waals surface area contributed by atoms with Crippen molar-refractivity contribution in [3.63, 3.8) is 0 Å². The third-order valence-corrected chi connectivity index (χ3v) is 4.61. The molecule has 25 heavy (non-hydrogen) atoms. The van der Waals surface area contributed by atoms with Crippen LogP contribution in [-0.2, 0) is 12.8 Å². The number of hydrogen-bond acceptors (Lipinski definition) is 5. The van der Waals surface area contributed by atoms with E-state index < -0.39 is 0 Å². The average Bonchev–Trinajstić information content (AvgIpc) is 3.36. The fourth-order valence-corrected chi connectivity index (χ4v) is 3.32. The summed E-state index contributed by atoms with van der Waals surface area (Å²) in [4.78, 5) is 9.22. The van der Waals surface area contributed by atoms with Gasteiger partial charge in [-0.2, -0.15) is 9.50 Å². The van der Waals surface area contributed by atoms with Gasteiger partial charge in [-0.15, -0.1) is 5.10 Å². The molecule has 3 heterocycles. The van der Waals surface area contributed by atoms with Crippen molar-refractivity contribution in [3.8, 4) is 11.6 Å². The van der Waals surface area contributed by atoms with Crippen molar-refractivity contribution in [3.05, 3.63) is 58.9 Å². The monoisotopic (exact) mass is 351 g/mol. The van der Waals surface area contributed by atoms with Crippen LogP contribution >= 0.6 is 11.6 Å². The van der Waals surface area contributed by atoms with Crippen LogP contribution in [0.1, 0.15) is 17.7 Å². The van der Waals surface area contributed by atoms with Crippen LogP contribution in [-0.4, -0.2) is 19.6 Å². The number of anilines is 2. The first-order valence-electron chi connectivity index (χ1n) is 8.13. The molecule has 0 radical (unpaired) electrons. The molecule has 0 unspecified atom stereocenters. The highest BCUT2D eigenvalue weighted by Crippen LogP contribution is 2.31. The second-order valence-corrected chi connectivity index (χ2v) is 6.43. The Hall–Kier alpha value is -2.86. The second kappa shape index (κ2) is 5.60. The van der Waals surface area contributed by atoms with E-state index in [2.05, 4.69) is 20.4 Å². The lowest BCUT2D eigenvalue weighted by Crippen LogP contribution is -2.06. The van der Waals surface area contributed by atoms with Crippen LogP contribution in [0.25, 0.3) is 17.4 Å². The maximum absolute atomic E-state index is 5.99. The van der Waals surface area contributed by atoms with E-state index in [1.165, 1.54) is 5.56 Å². The molecule has 0 aliphatic heterocycles. The minimum absolute atomic E-state index is 0.528. The molecule has 3 aromatic heterocycles. The predicted octanol–water partition coefficient (Wildman–Crippen LogP) is 4.27. The van der Waals surface area contributed by atoms with E-state index in [0.29, 0.717) is 22.4 Å². The minimum Gasteiger partial charge on any atom is -0.461 e. The first kappa shape index (κ1) is 14.5. The van der Waals surface area contributed by atoms with Crippen molar-refractivity contribution < 1.29 is 4.42 Å². The van der Waals surface area contributed by atoms with Gasteiger partial charge in [0.1, 0.15) is 5.82 Å². The Labute approximate surface area is 148 Å². The van der Waals surface area contributed by atoms with Gasteiger partial charge in [0.05, 0.1) is 12.0 Å². The third kappa shape index (κ3) is 2.46. The van der Waals surface area contributed by atoms with Crippen LogP contribution in [0.4, 0.5) is 11.5 Å². The molecular weight excluding hydrogens is 338 g/mol. The van der Waals surface area contributed by atoms with E-state index in [4.69, 9.17) is 16.0 Å². The van der Waals surface area contributed by atoms with Gasteiger partial charge in [0.25, 0.3) is 5.78 Å². The lowest BCUT2D eigenvalue weighted by atomic mass is 10.2. The predicted molar refractivity (Wildman–Crippen MR) is 95.2 cm³/mol. The molecule has 0 amide bonds. The SMILES string of the molecule is Clc1ccc(Nc2c3c(nc4nc(-c5ccco5)nn24)CCC3)cc1. The zero-order valence-electron chi connectivity index (χ0n) is 13.2. The first-order valence-corrected chi connectivity index (χ1v) is 8.51. The third-order valence-electron chi connectivity index (χ3n) is 4.36. The molecule has 5 rings (SSSR count). The van der Waals surface area contributed by atoms with E-state index in [0.717, 1.165) is 36.5 Å². The van der Waals surface area contributed by atoms with E-state index in [1.807, 2.05) is 36.4 Å². The van der Waals surface area contributed by atoms with Gasteiger partial charge in [-0.05, 0) is 55.7 Å². The van der Waals surface area contributed by atoms with E-state index in [1.54, 1.807) is 10.8 Å². The summed E-state index contributed by atoms with van der Waals surface area (Å²) in [6.45, 7) is 0. The Balaban J connectivity index is 1.68. The molecule has 0 fully saturated rings. The lowest BCUT2D eigenvalue weighted by Gasteiger charge is -2.12. The zero-order valence-corrected chi connectivity index (χ0v) is 14.0. The fraction of sp³-hybridized carbons (Fsp3) is 0.167. The maximum Gasteiger partial charge on any atom is 0.255 e. The summed E-state index contributed by atoms with van der Waals surface area (Å²) in [6, 6.07) is 11.3. The Bertz CT molecular complexity index is 1050. The Kier molecular flexibility index (Phi) is 3.24. The summed E-state index contributed by atoms with van der Waals surface area (Å²) in [6.07, 6.45) is 4.64. The number of nitrogens with zero attached hydrogens (tertiary/aromatic N) is 4. The molecule has 124 valence electrons. The number of hydrogen-bond donors (Lipinski definition) is 1. The quantitative estimate of drug-likeness (QED) is 0.597. The topological polar surface area (TPSA) is 68.2 Å². The van der Waals surface area contributed by atoms with Gasteiger partial charge < -0.3 is 9.73 Å². The van der Waals surface area contributed by atoms with Gasteiger partial charge in [0.2, 0.25) is 5.82 Å². The molecule has 0 atom stereocenters. The lowest BCUT2D eigenvalue weighted by molar-refractivity contribution is 0.577. The van der Waals surface area contributed by atoms with Gasteiger partial charge in [-0.3, -0.25) is 0 Å². The number of benzene rings is 1. The van der Waals surface area contributed by atoms with Crippen molar-refractivity contribution in [2.75, 3.05) is 5.32 Å². The van der Waals surface area contributed by atoms with Crippen LogP contribution in [0.5, 0.6) is 0 Å². The van der Waals surface area contributed by atoms with Crippen LogP contribution in [0.2, 0.25) is 5.02 Å². The van der Waals surface area contributed by atoms with Crippen LogP contribution in [0, 0.1) is 0 Å². The summed E-state index contributed by atoms with van der Waals surface area (Å²) in [5.74, 6) is 2.64. The van der Waals surface area contributed by atoms with Crippen LogP contribution in [0.3, 0.4) is 0 Å². The number of aromatic nitrogens is 4. The van der Waals surface area contributed by atoms with Gasteiger partial charge >= 0.3 is 0 Å². The van der Waals surface area contributed by atoms with Crippen LogP contribution < -0.4 is 5.32 Å². The molecule has 6 nitrogen and oxygen atoms in total. The van der Waals surface area contributed by atoms with Crippen molar-refractivity contribution >= 4 is 28.9 Å². The molecule has 4 aromatic rings. The number of furan rings is 1. The Morgan fingerprint density at radius 1 is 1.08 bits per heavy atom. The molecule has 0 bridgehead atoms.